The Labute approximate surface area is 170 Å². The van der Waals surface area contributed by atoms with Gasteiger partial charge in [0.05, 0.1) is 10.4 Å². The second kappa shape index (κ2) is 7.42. The minimum atomic E-state index is -3.86. The third-order valence-electron chi connectivity index (χ3n) is 4.94. The van der Waals surface area contributed by atoms with E-state index in [1.54, 1.807) is 45.0 Å². The van der Waals surface area contributed by atoms with Gasteiger partial charge in [0.2, 0.25) is 0 Å². The molecule has 1 saturated carbocycles. The van der Waals surface area contributed by atoms with Gasteiger partial charge in [0, 0.05) is 12.5 Å². The second-order valence-corrected chi connectivity index (χ2v) is 10.3. The van der Waals surface area contributed by atoms with Gasteiger partial charge < -0.3 is 15.8 Å². The van der Waals surface area contributed by atoms with Crippen molar-refractivity contribution >= 4 is 15.9 Å². The molecule has 0 aliphatic heterocycles. The lowest BCUT2D eigenvalue weighted by molar-refractivity contribution is 0.0497. The first-order valence-electron chi connectivity index (χ1n) is 9.27. The van der Waals surface area contributed by atoms with Crippen LogP contribution in [-0.2, 0) is 14.6 Å². The summed E-state index contributed by atoms with van der Waals surface area (Å²) in [6.45, 7) is 4.97. The molecule has 29 heavy (non-hydrogen) atoms. The Morgan fingerprint density at radius 2 is 1.83 bits per heavy atom. The number of ether oxygens (including phenoxy) is 1. The number of amides is 1. The van der Waals surface area contributed by atoms with E-state index in [1.807, 2.05) is 0 Å². The van der Waals surface area contributed by atoms with Crippen molar-refractivity contribution in [3.05, 3.63) is 66.0 Å². The molecule has 3 N–H and O–H groups in total. The molecule has 3 atom stereocenters. The lowest BCUT2D eigenvalue weighted by Crippen LogP contribution is -2.49. The van der Waals surface area contributed by atoms with E-state index in [4.69, 9.17) is 10.5 Å². The molecule has 0 heterocycles. The van der Waals surface area contributed by atoms with Crippen molar-refractivity contribution in [2.24, 2.45) is 5.73 Å². The number of carbonyl (C=O) groups excluding carboxylic acids is 1. The summed E-state index contributed by atoms with van der Waals surface area (Å²) < 4.78 is 45.9. The first-order chi connectivity index (χ1) is 13.5. The van der Waals surface area contributed by atoms with Crippen LogP contribution in [0.4, 0.5) is 9.18 Å². The van der Waals surface area contributed by atoms with Crippen LogP contribution in [0.1, 0.15) is 32.3 Å². The molecule has 1 fully saturated rings. The predicted molar refractivity (Wildman–Crippen MR) is 108 cm³/mol. The van der Waals surface area contributed by atoms with E-state index in [2.05, 4.69) is 5.32 Å². The van der Waals surface area contributed by atoms with Crippen LogP contribution in [0.25, 0.3) is 0 Å². The van der Waals surface area contributed by atoms with Gasteiger partial charge in [-0.2, -0.15) is 0 Å². The van der Waals surface area contributed by atoms with E-state index >= 15 is 0 Å². The summed E-state index contributed by atoms with van der Waals surface area (Å²) in [5.41, 5.74) is 4.37. The number of nitrogens with one attached hydrogen (secondary N) is 1. The predicted octanol–water partition coefficient (Wildman–Crippen LogP) is 2.99. The largest absolute Gasteiger partial charge is 0.444 e. The summed E-state index contributed by atoms with van der Waals surface area (Å²) in [7, 11) is -3.86. The molecule has 1 aliphatic rings. The van der Waals surface area contributed by atoms with E-state index in [-0.39, 0.29) is 11.4 Å². The number of benzene rings is 2. The Balaban J connectivity index is 2.04. The molecular formula is C21H25FN2O4S. The lowest BCUT2D eigenvalue weighted by atomic mass is 10.1. The number of hydrogen-bond donors (Lipinski definition) is 2. The van der Waals surface area contributed by atoms with Crippen molar-refractivity contribution in [2.45, 2.75) is 48.0 Å². The van der Waals surface area contributed by atoms with Gasteiger partial charge in [0.15, 0.2) is 9.84 Å². The van der Waals surface area contributed by atoms with Gasteiger partial charge in [-0.05, 0) is 50.6 Å². The van der Waals surface area contributed by atoms with E-state index in [1.165, 1.54) is 30.3 Å². The Kier molecular flexibility index (Phi) is 5.44. The van der Waals surface area contributed by atoms with Gasteiger partial charge in [-0.3, -0.25) is 0 Å². The Morgan fingerprint density at radius 1 is 1.17 bits per heavy atom. The molecule has 156 valence electrons. The van der Waals surface area contributed by atoms with Crippen LogP contribution < -0.4 is 11.1 Å². The average molecular weight is 421 g/mol. The third-order valence-corrected chi connectivity index (χ3v) is 7.23. The molecule has 0 aromatic heterocycles. The van der Waals surface area contributed by atoms with Crippen molar-refractivity contribution < 1.29 is 22.3 Å². The molecule has 8 heteroatoms. The zero-order valence-electron chi connectivity index (χ0n) is 16.6. The van der Waals surface area contributed by atoms with Gasteiger partial charge in [-0.15, -0.1) is 0 Å². The monoisotopic (exact) mass is 420 g/mol. The third kappa shape index (κ3) is 4.13. The van der Waals surface area contributed by atoms with Crippen molar-refractivity contribution in [1.29, 1.82) is 0 Å². The maximum atomic E-state index is 13.8. The zero-order valence-corrected chi connectivity index (χ0v) is 17.4. The van der Waals surface area contributed by atoms with Crippen LogP contribution in [0.3, 0.4) is 0 Å². The Bertz CT molecular complexity index is 1000. The van der Waals surface area contributed by atoms with Crippen LogP contribution in [0, 0.1) is 5.82 Å². The van der Waals surface area contributed by atoms with Crippen LogP contribution >= 0.6 is 0 Å². The molecule has 1 amide bonds. The Hall–Kier alpha value is -2.45. The van der Waals surface area contributed by atoms with Crippen LogP contribution in [0.5, 0.6) is 0 Å². The minimum Gasteiger partial charge on any atom is -0.444 e. The summed E-state index contributed by atoms with van der Waals surface area (Å²) in [6.07, 6.45) is -0.768. The van der Waals surface area contributed by atoms with Gasteiger partial charge in [-0.1, -0.05) is 30.3 Å². The van der Waals surface area contributed by atoms with Crippen LogP contribution in [-0.4, -0.2) is 37.4 Å². The summed E-state index contributed by atoms with van der Waals surface area (Å²) in [4.78, 5) is 12.6. The molecule has 0 unspecified atom stereocenters. The fourth-order valence-electron chi connectivity index (χ4n) is 3.73. The zero-order chi connectivity index (χ0) is 21.4. The molecule has 0 bridgehead atoms. The Morgan fingerprint density at radius 3 is 2.38 bits per heavy atom. The smallest absolute Gasteiger partial charge is 0.408 e. The fourth-order valence-corrected chi connectivity index (χ4v) is 6.09. The average Bonchev–Trinajstić information content (AvgIpc) is 3.30. The number of alkyl carbamates (subject to hydrolysis) is 1. The summed E-state index contributed by atoms with van der Waals surface area (Å²) in [6, 6.07) is 13.6. The quantitative estimate of drug-likeness (QED) is 0.775. The lowest BCUT2D eigenvalue weighted by Gasteiger charge is -2.24. The molecule has 0 saturated heterocycles. The van der Waals surface area contributed by atoms with Gasteiger partial charge >= 0.3 is 6.09 Å². The van der Waals surface area contributed by atoms with Crippen LogP contribution in [0.2, 0.25) is 0 Å². The van der Waals surface area contributed by atoms with Gasteiger partial charge in [0.1, 0.15) is 16.7 Å². The number of halogens is 1. The van der Waals surface area contributed by atoms with E-state index in [9.17, 15) is 17.6 Å². The fraction of sp³-hybridized carbons (Fsp3) is 0.381. The highest BCUT2D eigenvalue weighted by atomic mass is 32.2. The number of sulfone groups is 1. The maximum Gasteiger partial charge on any atom is 0.408 e. The summed E-state index contributed by atoms with van der Waals surface area (Å²) in [5, 5.41) is 1.64. The first-order valence-corrected chi connectivity index (χ1v) is 10.8. The van der Waals surface area contributed by atoms with Gasteiger partial charge in [-0.25, -0.2) is 17.6 Å². The molecule has 0 spiro atoms. The van der Waals surface area contributed by atoms with E-state index in [0.29, 0.717) is 5.56 Å². The van der Waals surface area contributed by atoms with Crippen LogP contribution in [0.15, 0.2) is 59.5 Å². The summed E-state index contributed by atoms with van der Waals surface area (Å²) in [5.74, 6) is -1.20. The second-order valence-electron chi connectivity index (χ2n) is 8.18. The minimum absolute atomic E-state index is 0.118. The standard InChI is InChI=1S/C21H25FN2O4S/c1-20(2,3)28-19(25)24-21(13-23)17(14-8-7-9-15(22)12-14)18(21)29(26,27)16-10-5-4-6-11-16/h4-12,17-18H,13,23H2,1-3H3,(H,24,25)/t17-,18+,21+/m0/s1. The first kappa shape index (κ1) is 21.3. The molecule has 2 aromatic carbocycles. The molecule has 3 rings (SSSR count). The highest BCUT2D eigenvalue weighted by molar-refractivity contribution is 7.92. The maximum absolute atomic E-state index is 13.8. The SMILES string of the molecule is CC(C)(C)OC(=O)N[C@@]1(CN)[C@H](S(=O)(=O)c2ccccc2)[C@@H]1c1cccc(F)c1. The highest BCUT2D eigenvalue weighted by Gasteiger charge is 2.71. The molecule has 1 aliphatic carbocycles. The summed E-state index contributed by atoms with van der Waals surface area (Å²) >= 11 is 0. The van der Waals surface area contributed by atoms with Crippen molar-refractivity contribution in [3.63, 3.8) is 0 Å². The van der Waals surface area contributed by atoms with Crippen molar-refractivity contribution in [2.75, 3.05) is 6.54 Å². The number of nitrogens with two attached hydrogens (primary N) is 1. The molecule has 2 aromatic rings. The molecule has 6 nitrogen and oxygen atoms in total. The van der Waals surface area contributed by atoms with Gasteiger partial charge in [0.25, 0.3) is 0 Å². The molecular weight excluding hydrogens is 395 g/mol. The number of hydrogen-bond acceptors (Lipinski definition) is 5. The number of rotatable bonds is 5. The highest BCUT2D eigenvalue weighted by Crippen LogP contribution is 2.57. The normalized spacial score (nSPS) is 24.0. The van der Waals surface area contributed by atoms with Crippen molar-refractivity contribution in [3.8, 4) is 0 Å². The van der Waals surface area contributed by atoms with Crippen molar-refractivity contribution in [1.82, 2.24) is 5.32 Å². The topological polar surface area (TPSA) is 98.5 Å². The van der Waals surface area contributed by atoms with E-state index < -0.39 is 44.1 Å². The van der Waals surface area contributed by atoms with E-state index in [0.717, 1.165) is 0 Å². The molecule has 0 radical (unpaired) electrons. The number of carbonyl (C=O) groups is 1.